The minimum absolute atomic E-state index is 0.150. The summed E-state index contributed by atoms with van der Waals surface area (Å²) in [7, 11) is 0. The van der Waals surface area contributed by atoms with Gasteiger partial charge in [0.25, 0.3) is 0 Å². The molecule has 2 saturated carbocycles. The van der Waals surface area contributed by atoms with Crippen molar-refractivity contribution in [2.75, 3.05) is 6.54 Å². The highest BCUT2D eigenvalue weighted by molar-refractivity contribution is 5.15. The van der Waals surface area contributed by atoms with Crippen LogP contribution in [-0.4, -0.2) is 23.0 Å². The molecule has 0 aromatic heterocycles. The van der Waals surface area contributed by atoms with Crippen molar-refractivity contribution >= 4 is 0 Å². The Kier molecular flexibility index (Phi) is 2.49. The highest BCUT2D eigenvalue weighted by Gasteiger charge is 2.42. The molecular weight excluding hydrogens is 196 g/mol. The summed E-state index contributed by atoms with van der Waals surface area (Å²) in [5, 5.41) is 0. The first kappa shape index (κ1) is 10.3. The monoisotopic (exact) mass is 216 g/mol. The van der Waals surface area contributed by atoms with Crippen molar-refractivity contribution in [1.82, 2.24) is 4.90 Å². The fraction of sp³-hybridized carbons (Fsp3) is 0.571. The zero-order valence-electron chi connectivity index (χ0n) is 9.73. The molecule has 0 unspecified atom stereocenters. The van der Waals surface area contributed by atoms with E-state index in [9.17, 15) is 0 Å². The van der Waals surface area contributed by atoms with Crippen molar-refractivity contribution in [2.24, 2.45) is 5.73 Å². The Balaban J connectivity index is 1.65. The highest BCUT2D eigenvalue weighted by atomic mass is 15.2. The Hall–Kier alpha value is -0.860. The molecule has 16 heavy (non-hydrogen) atoms. The Morgan fingerprint density at radius 2 is 1.88 bits per heavy atom. The number of rotatable bonds is 5. The third kappa shape index (κ3) is 2.45. The largest absolute Gasteiger partial charge is 0.324 e. The molecule has 0 amide bonds. The predicted molar refractivity (Wildman–Crippen MR) is 66.0 cm³/mol. The molecule has 86 valence electrons. The van der Waals surface area contributed by atoms with Crippen LogP contribution in [0.4, 0.5) is 0 Å². The van der Waals surface area contributed by atoms with Gasteiger partial charge in [0.1, 0.15) is 0 Å². The predicted octanol–water partition coefficient (Wildman–Crippen LogP) is 2.14. The molecule has 2 nitrogen and oxygen atoms in total. The summed E-state index contributed by atoms with van der Waals surface area (Å²) in [5.74, 6) is 0. The number of nitrogens with zero attached hydrogens (tertiary/aromatic N) is 1. The smallest absolute Gasteiger partial charge is 0.0285 e. The van der Waals surface area contributed by atoms with Gasteiger partial charge in [0.05, 0.1) is 0 Å². The molecule has 2 aliphatic carbocycles. The molecule has 0 saturated heterocycles. The third-order valence-corrected chi connectivity index (χ3v) is 3.70. The van der Waals surface area contributed by atoms with E-state index in [1.807, 2.05) is 0 Å². The molecular formula is C14H20N2. The van der Waals surface area contributed by atoms with Crippen LogP contribution in [0.3, 0.4) is 0 Å². The van der Waals surface area contributed by atoms with E-state index < -0.39 is 0 Å². The van der Waals surface area contributed by atoms with Crippen LogP contribution in [0.2, 0.25) is 0 Å². The SMILES string of the molecule is NC1(CN(Cc2ccccc2)C2CC2)CC1. The van der Waals surface area contributed by atoms with Crippen LogP contribution in [0.15, 0.2) is 30.3 Å². The van der Waals surface area contributed by atoms with E-state index in [0.29, 0.717) is 0 Å². The molecule has 1 aromatic carbocycles. The first-order valence-corrected chi connectivity index (χ1v) is 6.32. The van der Waals surface area contributed by atoms with Crippen LogP contribution < -0.4 is 5.73 Å². The topological polar surface area (TPSA) is 29.3 Å². The fourth-order valence-electron chi connectivity index (χ4n) is 2.29. The van der Waals surface area contributed by atoms with Crippen molar-refractivity contribution in [3.63, 3.8) is 0 Å². The lowest BCUT2D eigenvalue weighted by atomic mass is 10.2. The summed E-state index contributed by atoms with van der Waals surface area (Å²) < 4.78 is 0. The third-order valence-electron chi connectivity index (χ3n) is 3.70. The molecule has 2 fully saturated rings. The van der Waals surface area contributed by atoms with Gasteiger partial charge in [-0.05, 0) is 31.2 Å². The summed E-state index contributed by atoms with van der Waals surface area (Å²) in [4.78, 5) is 2.59. The molecule has 0 radical (unpaired) electrons. The first-order valence-electron chi connectivity index (χ1n) is 6.32. The number of hydrogen-bond acceptors (Lipinski definition) is 2. The Morgan fingerprint density at radius 1 is 1.19 bits per heavy atom. The maximum absolute atomic E-state index is 6.23. The lowest BCUT2D eigenvalue weighted by molar-refractivity contribution is 0.232. The van der Waals surface area contributed by atoms with Gasteiger partial charge in [-0.25, -0.2) is 0 Å². The molecule has 0 aliphatic heterocycles. The molecule has 0 bridgehead atoms. The molecule has 2 heteroatoms. The summed E-state index contributed by atoms with van der Waals surface area (Å²) in [5.41, 5.74) is 7.79. The quantitative estimate of drug-likeness (QED) is 0.817. The lowest BCUT2D eigenvalue weighted by Gasteiger charge is -2.25. The molecule has 1 aromatic rings. The van der Waals surface area contributed by atoms with Crippen LogP contribution in [0.5, 0.6) is 0 Å². The van der Waals surface area contributed by atoms with Gasteiger partial charge in [-0.3, -0.25) is 4.90 Å². The summed E-state index contributed by atoms with van der Waals surface area (Å²) in [6, 6.07) is 11.6. The minimum Gasteiger partial charge on any atom is -0.324 e. The summed E-state index contributed by atoms with van der Waals surface area (Å²) in [6.45, 7) is 2.16. The van der Waals surface area contributed by atoms with E-state index in [4.69, 9.17) is 5.73 Å². The number of hydrogen-bond donors (Lipinski definition) is 1. The molecule has 3 rings (SSSR count). The molecule has 0 heterocycles. The van der Waals surface area contributed by atoms with Gasteiger partial charge in [-0.1, -0.05) is 30.3 Å². The average Bonchev–Trinajstić information content (AvgIpc) is 3.15. The van der Waals surface area contributed by atoms with E-state index in [1.165, 1.54) is 31.2 Å². The van der Waals surface area contributed by atoms with Gasteiger partial charge < -0.3 is 5.73 Å². The van der Waals surface area contributed by atoms with E-state index in [-0.39, 0.29) is 5.54 Å². The average molecular weight is 216 g/mol. The first-order chi connectivity index (χ1) is 7.75. The zero-order valence-corrected chi connectivity index (χ0v) is 9.73. The minimum atomic E-state index is 0.150. The maximum atomic E-state index is 6.23. The van der Waals surface area contributed by atoms with Gasteiger partial charge in [0, 0.05) is 24.7 Å². The van der Waals surface area contributed by atoms with Gasteiger partial charge in [0.15, 0.2) is 0 Å². The van der Waals surface area contributed by atoms with Crippen LogP contribution in [0.25, 0.3) is 0 Å². The van der Waals surface area contributed by atoms with Crippen molar-refractivity contribution in [1.29, 1.82) is 0 Å². The fourth-order valence-corrected chi connectivity index (χ4v) is 2.29. The molecule has 2 aliphatic rings. The van der Waals surface area contributed by atoms with Crippen LogP contribution in [0, 0.1) is 0 Å². The van der Waals surface area contributed by atoms with Gasteiger partial charge in [-0.2, -0.15) is 0 Å². The normalized spacial score (nSPS) is 22.4. The van der Waals surface area contributed by atoms with Crippen LogP contribution >= 0.6 is 0 Å². The molecule has 0 atom stereocenters. The zero-order chi connectivity index (χ0) is 11.0. The second-order valence-corrected chi connectivity index (χ2v) is 5.48. The molecule has 2 N–H and O–H groups in total. The van der Waals surface area contributed by atoms with Crippen molar-refractivity contribution in [3.8, 4) is 0 Å². The maximum Gasteiger partial charge on any atom is 0.0285 e. The Labute approximate surface area is 97.4 Å². The second kappa shape index (κ2) is 3.86. The van der Waals surface area contributed by atoms with Crippen LogP contribution in [-0.2, 0) is 6.54 Å². The van der Waals surface area contributed by atoms with E-state index in [2.05, 4.69) is 35.2 Å². The lowest BCUT2D eigenvalue weighted by Crippen LogP contribution is -2.40. The summed E-state index contributed by atoms with van der Waals surface area (Å²) >= 11 is 0. The Bertz CT molecular complexity index is 352. The summed E-state index contributed by atoms with van der Waals surface area (Å²) in [6.07, 6.45) is 5.15. The van der Waals surface area contributed by atoms with Gasteiger partial charge in [0.2, 0.25) is 0 Å². The van der Waals surface area contributed by atoms with E-state index in [0.717, 1.165) is 19.1 Å². The van der Waals surface area contributed by atoms with Crippen molar-refractivity contribution in [2.45, 2.75) is 43.8 Å². The van der Waals surface area contributed by atoms with Crippen LogP contribution in [0.1, 0.15) is 31.2 Å². The molecule has 0 spiro atoms. The van der Waals surface area contributed by atoms with Crippen molar-refractivity contribution in [3.05, 3.63) is 35.9 Å². The number of nitrogens with two attached hydrogens (primary N) is 1. The standard InChI is InChI=1S/C14H20N2/c15-14(8-9-14)11-16(13-6-7-13)10-12-4-2-1-3-5-12/h1-5,13H,6-11,15H2. The van der Waals surface area contributed by atoms with Crippen molar-refractivity contribution < 1.29 is 0 Å². The van der Waals surface area contributed by atoms with Gasteiger partial charge >= 0.3 is 0 Å². The highest BCUT2D eigenvalue weighted by Crippen LogP contribution is 2.37. The number of benzene rings is 1. The van der Waals surface area contributed by atoms with Gasteiger partial charge in [-0.15, -0.1) is 0 Å². The Morgan fingerprint density at radius 3 is 2.44 bits per heavy atom. The van der Waals surface area contributed by atoms with E-state index >= 15 is 0 Å². The van der Waals surface area contributed by atoms with E-state index in [1.54, 1.807) is 0 Å². The second-order valence-electron chi connectivity index (χ2n) is 5.48.